The first-order chi connectivity index (χ1) is 9.55. The second-order valence-corrected chi connectivity index (χ2v) is 4.86. The Bertz CT molecular complexity index is 631. The zero-order valence-corrected chi connectivity index (χ0v) is 12.1. The fourth-order valence-electron chi connectivity index (χ4n) is 2.19. The molecule has 0 amide bonds. The van der Waals surface area contributed by atoms with Gasteiger partial charge in [0, 0.05) is 17.8 Å². The first-order valence-electron chi connectivity index (χ1n) is 6.90. The van der Waals surface area contributed by atoms with E-state index < -0.39 is 0 Å². The van der Waals surface area contributed by atoms with Crippen LogP contribution in [0.15, 0.2) is 24.3 Å². The van der Waals surface area contributed by atoms with E-state index in [0.29, 0.717) is 17.5 Å². The maximum absolute atomic E-state index is 13.2. The Balaban J connectivity index is 2.22. The molecule has 0 fully saturated rings. The monoisotopic (exact) mass is 274 g/mol. The highest BCUT2D eigenvalue weighted by molar-refractivity contribution is 5.97. The zero-order valence-electron chi connectivity index (χ0n) is 12.1. The molecule has 106 valence electrons. The van der Waals surface area contributed by atoms with Crippen molar-refractivity contribution >= 4 is 5.78 Å². The minimum Gasteiger partial charge on any atom is -0.294 e. The molecule has 0 spiro atoms. The largest absolute Gasteiger partial charge is 0.294 e. The third kappa shape index (κ3) is 2.95. The summed E-state index contributed by atoms with van der Waals surface area (Å²) in [5, 5.41) is 4.43. The Morgan fingerprint density at radius 3 is 2.65 bits per heavy atom. The minimum absolute atomic E-state index is 0.00893. The number of carbonyl (C=O) groups excluding carboxylic acids is 1. The van der Waals surface area contributed by atoms with Crippen LogP contribution in [-0.2, 0) is 19.4 Å². The van der Waals surface area contributed by atoms with Gasteiger partial charge in [-0.05, 0) is 50.1 Å². The molecule has 0 N–H and O–H groups in total. The Hall–Kier alpha value is -1.97. The Morgan fingerprint density at radius 2 is 2.05 bits per heavy atom. The fourth-order valence-corrected chi connectivity index (χ4v) is 2.19. The lowest BCUT2D eigenvalue weighted by Crippen LogP contribution is -2.10. The predicted octanol–water partition coefficient (Wildman–Crippen LogP) is 3.34. The van der Waals surface area contributed by atoms with Crippen molar-refractivity contribution < 1.29 is 9.18 Å². The third-order valence-corrected chi connectivity index (χ3v) is 3.40. The molecule has 1 heterocycles. The summed E-state index contributed by atoms with van der Waals surface area (Å²) >= 11 is 0. The van der Waals surface area contributed by atoms with Crippen LogP contribution < -0.4 is 0 Å². The van der Waals surface area contributed by atoms with Crippen LogP contribution in [0.25, 0.3) is 0 Å². The van der Waals surface area contributed by atoms with Gasteiger partial charge < -0.3 is 0 Å². The van der Waals surface area contributed by atoms with E-state index in [1.54, 1.807) is 13.0 Å². The summed E-state index contributed by atoms with van der Waals surface area (Å²) in [6.07, 6.45) is 1.15. The van der Waals surface area contributed by atoms with E-state index in [2.05, 4.69) is 5.10 Å². The van der Waals surface area contributed by atoms with Crippen LogP contribution in [0.5, 0.6) is 0 Å². The quantitative estimate of drug-likeness (QED) is 0.784. The van der Waals surface area contributed by atoms with Crippen molar-refractivity contribution in [2.45, 2.75) is 40.2 Å². The number of aryl methyl sites for hydroxylation is 3. The summed E-state index contributed by atoms with van der Waals surface area (Å²) in [5.41, 5.74) is 2.95. The van der Waals surface area contributed by atoms with Crippen molar-refractivity contribution in [2.75, 3.05) is 0 Å². The summed E-state index contributed by atoms with van der Waals surface area (Å²) in [6, 6.07) is 6.46. The molecule has 0 saturated carbocycles. The smallest absolute Gasteiger partial charge is 0.168 e. The zero-order chi connectivity index (χ0) is 14.7. The van der Waals surface area contributed by atoms with Crippen molar-refractivity contribution in [1.82, 2.24) is 9.78 Å². The van der Waals surface area contributed by atoms with Crippen LogP contribution >= 0.6 is 0 Å². The molecule has 3 nitrogen and oxygen atoms in total. The topological polar surface area (TPSA) is 34.9 Å². The highest BCUT2D eigenvalue weighted by atomic mass is 19.1. The molecule has 0 atom stereocenters. The molecule has 0 unspecified atom stereocenters. The molecule has 2 rings (SSSR count). The molecule has 4 heteroatoms. The second kappa shape index (κ2) is 5.99. The number of benzene rings is 1. The number of rotatable bonds is 5. The van der Waals surface area contributed by atoms with Gasteiger partial charge in [-0.25, -0.2) is 4.39 Å². The van der Waals surface area contributed by atoms with Crippen molar-refractivity contribution in [3.05, 3.63) is 52.6 Å². The molecule has 1 aromatic heterocycles. The average molecular weight is 274 g/mol. The number of aromatic nitrogens is 2. The molecule has 0 bridgehead atoms. The molecule has 0 aliphatic carbocycles. The summed E-state index contributed by atoms with van der Waals surface area (Å²) in [6.45, 7) is 6.45. The standard InChI is InChI=1S/C16H19FN2O/c1-4-13-9-14(19(5-2)18-13)10-16(20)12-6-7-15(17)11(3)8-12/h6-9H,4-5,10H2,1-3H3. The van der Waals surface area contributed by atoms with Crippen LogP contribution in [0.1, 0.15) is 41.2 Å². The van der Waals surface area contributed by atoms with Crippen LogP contribution in [0.4, 0.5) is 4.39 Å². The molecule has 1 aromatic carbocycles. The van der Waals surface area contributed by atoms with Crippen LogP contribution in [0, 0.1) is 12.7 Å². The van der Waals surface area contributed by atoms with Crippen molar-refractivity contribution in [3.8, 4) is 0 Å². The van der Waals surface area contributed by atoms with Gasteiger partial charge in [0.05, 0.1) is 12.1 Å². The van der Waals surface area contributed by atoms with E-state index in [-0.39, 0.29) is 11.6 Å². The van der Waals surface area contributed by atoms with Crippen LogP contribution in [-0.4, -0.2) is 15.6 Å². The number of hydrogen-bond acceptors (Lipinski definition) is 2. The van der Waals surface area contributed by atoms with Gasteiger partial charge in [0.25, 0.3) is 0 Å². The number of carbonyl (C=O) groups is 1. The average Bonchev–Trinajstić information content (AvgIpc) is 2.84. The van der Waals surface area contributed by atoms with E-state index in [1.165, 1.54) is 12.1 Å². The molecule has 20 heavy (non-hydrogen) atoms. The van der Waals surface area contributed by atoms with Crippen molar-refractivity contribution in [2.24, 2.45) is 0 Å². The van der Waals surface area contributed by atoms with Gasteiger partial charge in [0.15, 0.2) is 5.78 Å². The Labute approximate surface area is 118 Å². The maximum Gasteiger partial charge on any atom is 0.168 e. The number of halogens is 1. The summed E-state index contributed by atoms with van der Waals surface area (Å²) < 4.78 is 15.1. The summed E-state index contributed by atoms with van der Waals surface area (Å²) in [5.74, 6) is -0.293. The second-order valence-electron chi connectivity index (χ2n) is 4.86. The fraction of sp³-hybridized carbons (Fsp3) is 0.375. The van der Waals surface area contributed by atoms with E-state index in [9.17, 15) is 9.18 Å². The molecular formula is C16H19FN2O. The normalized spacial score (nSPS) is 10.8. The number of nitrogens with zero attached hydrogens (tertiary/aromatic N) is 2. The Kier molecular flexibility index (Phi) is 4.32. The van der Waals surface area contributed by atoms with E-state index in [0.717, 1.165) is 24.4 Å². The SMILES string of the molecule is CCc1cc(CC(=O)c2ccc(F)c(C)c2)n(CC)n1. The first kappa shape index (κ1) is 14.4. The molecule has 0 aliphatic rings. The predicted molar refractivity (Wildman–Crippen MR) is 76.5 cm³/mol. The van der Waals surface area contributed by atoms with E-state index in [4.69, 9.17) is 0 Å². The van der Waals surface area contributed by atoms with Crippen molar-refractivity contribution in [3.63, 3.8) is 0 Å². The van der Waals surface area contributed by atoms with Gasteiger partial charge in [-0.2, -0.15) is 5.10 Å². The number of ketones is 1. The van der Waals surface area contributed by atoms with Crippen molar-refractivity contribution in [1.29, 1.82) is 0 Å². The van der Waals surface area contributed by atoms with E-state index in [1.807, 2.05) is 24.6 Å². The maximum atomic E-state index is 13.2. The van der Waals surface area contributed by atoms with Gasteiger partial charge >= 0.3 is 0 Å². The summed E-state index contributed by atoms with van der Waals surface area (Å²) in [4.78, 5) is 12.3. The lowest BCUT2D eigenvalue weighted by Gasteiger charge is -2.05. The third-order valence-electron chi connectivity index (χ3n) is 3.40. The first-order valence-corrected chi connectivity index (χ1v) is 6.90. The van der Waals surface area contributed by atoms with Gasteiger partial charge in [0.1, 0.15) is 5.82 Å². The highest BCUT2D eigenvalue weighted by Crippen LogP contribution is 2.13. The number of hydrogen-bond donors (Lipinski definition) is 0. The van der Waals surface area contributed by atoms with Gasteiger partial charge in [-0.3, -0.25) is 9.48 Å². The summed E-state index contributed by atoms with van der Waals surface area (Å²) in [7, 11) is 0. The molecular weight excluding hydrogens is 255 g/mol. The van der Waals surface area contributed by atoms with Gasteiger partial charge in [-0.15, -0.1) is 0 Å². The minimum atomic E-state index is -0.284. The lowest BCUT2D eigenvalue weighted by molar-refractivity contribution is 0.0990. The van der Waals surface area contributed by atoms with Gasteiger partial charge in [0.2, 0.25) is 0 Å². The van der Waals surface area contributed by atoms with Crippen LogP contribution in [0.3, 0.4) is 0 Å². The lowest BCUT2D eigenvalue weighted by atomic mass is 10.0. The van der Waals surface area contributed by atoms with Crippen LogP contribution in [0.2, 0.25) is 0 Å². The van der Waals surface area contributed by atoms with Gasteiger partial charge in [-0.1, -0.05) is 6.92 Å². The molecule has 0 radical (unpaired) electrons. The Morgan fingerprint density at radius 1 is 1.30 bits per heavy atom. The highest BCUT2D eigenvalue weighted by Gasteiger charge is 2.13. The van der Waals surface area contributed by atoms with E-state index >= 15 is 0 Å². The molecule has 0 saturated heterocycles. The molecule has 0 aliphatic heterocycles. The molecule has 2 aromatic rings. The number of Topliss-reactive ketones (excluding diaryl/α,β-unsaturated/α-hetero) is 1.